The minimum Gasteiger partial charge on any atom is -0.495 e. The number of hydrazine groups is 1. The Morgan fingerprint density at radius 1 is 1.59 bits per heavy atom. The molecule has 2 amide bonds. The number of carbonyl (C=O) groups excluding carboxylic acids is 2. The molecule has 0 bridgehead atoms. The van der Waals surface area contributed by atoms with Crippen LogP contribution >= 0.6 is 11.6 Å². The molecule has 2 rings (SSSR count). The van der Waals surface area contributed by atoms with Crippen molar-refractivity contribution in [1.29, 1.82) is 0 Å². The highest BCUT2D eigenvalue weighted by molar-refractivity contribution is 6.35. The molecule has 0 aliphatic carbocycles. The summed E-state index contributed by atoms with van der Waals surface area (Å²) in [5, 5.41) is 2.79. The van der Waals surface area contributed by atoms with Crippen molar-refractivity contribution in [2.24, 2.45) is 5.84 Å². The number of halogens is 1. The van der Waals surface area contributed by atoms with E-state index in [4.69, 9.17) is 22.2 Å². The van der Waals surface area contributed by atoms with E-state index in [0.29, 0.717) is 17.0 Å². The highest BCUT2D eigenvalue weighted by Gasteiger charge is 2.38. The lowest BCUT2D eigenvalue weighted by atomic mass is 9.99. The molecule has 0 saturated heterocycles. The van der Waals surface area contributed by atoms with Gasteiger partial charge in [0.25, 0.3) is 5.91 Å². The molecular formula is C10H10ClN3O3. The number of nitrogens with one attached hydrogen (secondary N) is 2. The Kier molecular flexibility index (Phi) is 2.91. The Bertz CT molecular complexity index is 496. The average Bonchev–Trinajstić information content (AvgIpc) is 2.66. The van der Waals surface area contributed by atoms with Gasteiger partial charge in [-0.2, -0.15) is 0 Å². The van der Waals surface area contributed by atoms with Gasteiger partial charge in [0.1, 0.15) is 11.7 Å². The van der Waals surface area contributed by atoms with Gasteiger partial charge in [0, 0.05) is 11.3 Å². The first-order valence-corrected chi connectivity index (χ1v) is 5.15. The number of benzene rings is 1. The molecule has 1 unspecified atom stereocenters. The standard InChI is InChI=1S/C10H10ClN3O3/c1-17-5-3-2-4-6(8(5)11)7(9(15)13-4)10(16)14-12/h2-3,7H,12H2,1H3,(H,13,15)(H,14,16). The molecule has 1 aliphatic rings. The van der Waals surface area contributed by atoms with Gasteiger partial charge in [-0.3, -0.25) is 15.0 Å². The van der Waals surface area contributed by atoms with E-state index in [1.54, 1.807) is 12.1 Å². The normalized spacial score (nSPS) is 17.4. The SMILES string of the molecule is COc1ccc2c(c1Cl)C(C(=O)NN)C(=O)N2. The summed E-state index contributed by atoms with van der Waals surface area (Å²) in [5.74, 6) is 3.32. The lowest BCUT2D eigenvalue weighted by Crippen LogP contribution is -2.37. The van der Waals surface area contributed by atoms with Crippen LogP contribution in [0.5, 0.6) is 5.75 Å². The predicted octanol–water partition coefficient (Wildman–Crippen LogP) is 0.374. The third kappa shape index (κ3) is 1.71. The number of rotatable bonds is 2. The van der Waals surface area contributed by atoms with Crippen molar-refractivity contribution in [2.75, 3.05) is 12.4 Å². The third-order valence-electron chi connectivity index (χ3n) is 2.58. The first-order valence-electron chi connectivity index (χ1n) is 4.77. The molecule has 1 atom stereocenters. The molecule has 17 heavy (non-hydrogen) atoms. The van der Waals surface area contributed by atoms with E-state index in [9.17, 15) is 9.59 Å². The smallest absolute Gasteiger partial charge is 0.251 e. The number of amides is 2. The molecule has 0 spiro atoms. The van der Waals surface area contributed by atoms with Crippen LogP contribution in [0.1, 0.15) is 11.5 Å². The Labute approximate surface area is 102 Å². The van der Waals surface area contributed by atoms with Crippen molar-refractivity contribution in [2.45, 2.75) is 5.92 Å². The number of ether oxygens (including phenoxy) is 1. The van der Waals surface area contributed by atoms with Gasteiger partial charge in [-0.15, -0.1) is 0 Å². The molecule has 7 heteroatoms. The fourth-order valence-electron chi connectivity index (χ4n) is 1.79. The van der Waals surface area contributed by atoms with Gasteiger partial charge in [-0.1, -0.05) is 11.6 Å². The highest BCUT2D eigenvalue weighted by Crippen LogP contribution is 2.42. The topological polar surface area (TPSA) is 93.4 Å². The summed E-state index contributed by atoms with van der Waals surface area (Å²) in [6, 6.07) is 3.24. The van der Waals surface area contributed by atoms with Crippen LogP contribution in [0.25, 0.3) is 0 Å². The second-order valence-corrected chi connectivity index (χ2v) is 3.85. The highest BCUT2D eigenvalue weighted by atomic mass is 35.5. The zero-order chi connectivity index (χ0) is 12.6. The number of fused-ring (bicyclic) bond motifs is 1. The molecule has 0 aromatic heterocycles. The lowest BCUT2D eigenvalue weighted by molar-refractivity contribution is -0.128. The van der Waals surface area contributed by atoms with Crippen LogP contribution in [0, 0.1) is 0 Å². The van der Waals surface area contributed by atoms with Gasteiger partial charge >= 0.3 is 0 Å². The first kappa shape index (κ1) is 11.7. The molecule has 0 saturated carbocycles. The predicted molar refractivity (Wildman–Crippen MR) is 61.7 cm³/mol. The van der Waals surface area contributed by atoms with Crippen molar-refractivity contribution in [3.05, 3.63) is 22.7 Å². The van der Waals surface area contributed by atoms with Crippen LogP contribution in [-0.2, 0) is 9.59 Å². The van der Waals surface area contributed by atoms with Gasteiger partial charge in [0.05, 0.1) is 12.1 Å². The minimum absolute atomic E-state index is 0.233. The number of methoxy groups -OCH3 is 1. The Morgan fingerprint density at radius 3 is 2.88 bits per heavy atom. The van der Waals surface area contributed by atoms with E-state index >= 15 is 0 Å². The summed E-state index contributed by atoms with van der Waals surface area (Å²) in [4.78, 5) is 23.2. The van der Waals surface area contributed by atoms with E-state index in [0.717, 1.165) is 0 Å². The van der Waals surface area contributed by atoms with Crippen LogP contribution in [0.2, 0.25) is 5.02 Å². The second-order valence-electron chi connectivity index (χ2n) is 3.47. The number of carbonyl (C=O) groups is 2. The number of hydrogen-bond donors (Lipinski definition) is 3. The maximum absolute atomic E-state index is 11.7. The van der Waals surface area contributed by atoms with Crippen molar-refractivity contribution in [1.82, 2.24) is 5.43 Å². The second kappa shape index (κ2) is 4.23. The zero-order valence-electron chi connectivity index (χ0n) is 8.91. The van der Waals surface area contributed by atoms with Crippen LogP contribution < -0.4 is 21.3 Å². The van der Waals surface area contributed by atoms with Gasteiger partial charge in [0.15, 0.2) is 0 Å². The maximum atomic E-state index is 11.7. The lowest BCUT2D eigenvalue weighted by Gasteiger charge is -2.10. The summed E-state index contributed by atoms with van der Waals surface area (Å²) in [6.45, 7) is 0. The third-order valence-corrected chi connectivity index (χ3v) is 2.97. The minimum atomic E-state index is -1.04. The molecule has 6 nitrogen and oxygen atoms in total. The van der Waals surface area contributed by atoms with E-state index in [-0.39, 0.29) is 5.02 Å². The molecule has 1 aromatic carbocycles. The van der Waals surface area contributed by atoms with Crippen molar-refractivity contribution in [3.8, 4) is 5.75 Å². The largest absolute Gasteiger partial charge is 0.495 e. The van der Waals surface area contributed by atoms with E-state index in [1.807, 2.05) is 5.43 Å². The van der Waals surface area contributed by atoms with Crippen LogP contribution in [0.4, 0.5) is 5.69 Å². The monoisotopic (exact) mass is 255 g/mol. The molecular weight excluding hydrogens is 246 g/mol. The van der Waals surface area contributed by atoms with Gasteiger partial charge in [-0.25, -0.2) is 5.84 Å². The van der Waals surface area contributed by atoms with Crippen molar-refractivity contribution in [3.63, 3.8) is 0 Å². The van der Waals surface area contributed by atoms with Crippen LogP contribution in [0.3, 0.4) is 0 Å². The Hall–Kier alpha value is -1.79. The molecule has 4 N–H and O–H groups in total. The Balaban J connectivity index is 2.57. The summed E-state index contributed by atoms with van der Waals surface area (Å²) < 4.78 is 5.03. The molecule has 0 radical (unpaired) electrons. The maximum Gasteiger partial charge on any atom is 0.251 e. The van der Waals surface area contributed by atoms with E-state index in [2.05, 4.69) is 5.32 Å². The number of anilines is 1. The number of hydrogen-bond acceptors (Lipinski definition) is 4. The fraction of sp³-hybridized carbons (Fsp3) is 0.200. The Morgan fingerprint density at radius 2 is 2.29 bits per heavy atom. The van der Waals surface area contributed by atoms with Crippen molar-refractivity contribution >= 4 is 29.1 Å². The van der Waals surface area contributed by atoms with Crippen molar-refractivity contribution < 1.29 is 14.3 Å². The molecule has 90 valence electrons. The summed E-state index contributed by atoms with van der Waals surface area (Å²) in [5.41, 5.74) is 2.83. The van der Waals surface area contributed by atoms with Crippen LogP contribution in [-0.4, -0.2) is 18.9 Å². The fourth-order valence-corrected chi connectivity index (χ4v) is 2.14. The van der Waals surface area contributed by atoms with Gasteiger partial charge < -0.3 is 10.1 Å². The molecule has 1 heterocycles. The van der Waals surface area contributed by atoms with E-state index in [1.165, 1.54) is 7.11 Å². The molecule has 1 aliphatic heterocycles. The first-order chi connectivity index (χ1) is 8.10. The molecule has 0 fully saturated rings. The van der Waals surface area contributed by atoms with Gasteiger partial charge in [0.2, 0.25) is 5.91 Å². The number of nitrogens with two attached hydrogens (primary N) is 1. The summed E-state index contributed by atoms with van der Waals surface area (Å²) in [6.07, 6.45) is 0. The summed E-state index contributed by atoms with van der Waals surface area (Å²) in [7, 11) is 1.45. The van der Waals surface area contributed by atoms with Gasteiger partial charge in [-0.05, 0) is 12.1 Å². The molecule has 1 aromatic rings. The quantitative estimate of drug-likeness (QED) is 0.308. The average molecular weight is 256 g/mol. The van der Waals surface area contributed by atoms with E-state index < -0.39 is 17.7 Å². The van der Waals surface area contributed by atoms with Crippen LogP contribution in [0.15, 0.2) is 12.1 Å². The zero-order valence-corrected chi connectivity index (χ0v) is 9.67. The summed E-state index contributed by atoms with van der Waals surface area (Å²) >= 11 is 6.08.